The van der Waals surface area contributed by atoms with Crippen molar-refractivity contribution in [2.75, 3.05) is 7.05 Å². The third-order valence-corrected chi connectivity index (χ3v) is 2.87. The number of hydrogen-bond acceptors (Lipinski definition) is 4. The molecule has 2 rings (SSSR count). The van der Waals surface area contributed by atoms with Crippen LogP contribution < -0.4 is 10.1 Å². The lowest BCUT2D eigenvalue weighted by atomic mass is 10.1. The lowest BCUT2D eigenvalue weighted by Gasteiger charge is -2.15. The number of para-hydroxylation sites is 1. The summed E-state index contributed by atoms with van der Waals surface area (Å²) in [6.07, 6.45) is 0. The van der Waals surface area contributed by atoms with Gasteiger partial charge in [-0.05, 0) is 27.0 Å². The number of rotatable bonds is 5. The van der Waals surface area contributed by atoms with Crippen molar-refractivity contribution >= 4 is 0 Å². The molecular weight excluding hydrogens is 228 g/mol. The lowest BCUT2D eigenvalue weighted by molar-refractivity contribution is 0.245. The van der Waals surface area contributed by atoms with Gasteiger partial charge in [0.25, 0.3) is 0 Å². The van der Waals surface area contributed by atoms with Gasteiger partial charge >= 0.3 is 0 Å². The van der Waals surface area contributed by atoms with Gasteiger partial charge in [-0.3, -0.25) is 0 Å². The standard InChI is InChI=1S/C14H18N2O2/c1-10-8-12(18-16-10)9-17-14-7-5-4-6-13(14)11(2)15-3/h4-8,11,15H,9H2,1-3H3. The van der Waals surface area contributed by atoms with E-state index in [1.54, 1.807) is 0 Å². The highest BCUT2D eigenvalue weighted by Crippen LogP contribution is 2.25. The molecule has 18 heavy (non-hydrogen) atoms. The van der Waals surface area contributed by atoms with E-state index >= 15 is 0 Å². The Morgan fingerprint density at radius 2 is 2.17 bits per heavy atom. The van der Waals surface area contributed by atoms with Gasteiger partial charge in [-0.1, -0.05) is 23.4 Å². The summed E-state index contributed by atoms with van der Waals surface area (Å²) in [6, 6.07) is 10.1. The molecule has 0 aliphatic rings. The first-order valence-electron chi connectivity index (χ1n) is 6.02. The Balaban J connectivity index is 2.09. The fourth-order valence-electron chi connectivity index (χ4n) is 1.76. The highest BCUT2D eigenvalue weighted by Gasteiger charge is 2.10. The number of aryl methyl sites for hydroxylation is 1. The zero-order chi connectivity index (χ0) is 13.0. The van der Waals surface area contributed by atoms with Crippen molar-refractivity contribution in [3.05, 3.63) is 47.3 Å². The second-order valence-electron chi connectivity index (χ2n) is 4.27. The van der Waals surface area contributed by atoms with Crippen LogP contribution in [0.25, 0.3) is 0 Å². The molecule has 4 heteroatoms. The highest BCUT2D eigenvalue weighted by atomic mass is 16.5. The van der Waals surface area contributed by atoms with Crippen LogP contribution >= 0.6 is 0 Å². The van der Waals surface area contributed by atoms with Gasteiger partial charge in [0.15, 0.2) is 5.76 Å². The zero-order valence-corrected chi connectivity index (χ0v) is 10.9. The summed E-state index contributed by atoms with van der Waals surface area (Å²) in [7, 11) is 1.93. The number of nitrogens with zero attached hydrogens (tertiary/aromatic N) is 1. The van der Waals surface area contributed by atoms with Crippen LogP contribution in [0.15, 0.2) is 34.9 Å². The van der Waals surface area contributed by atoms with E-state index in [2.05, 4.69) is 23.5 Å². The summed E-state index contributed by atoms with van der Waals surface area (Å²) in [6.45, 7) is 4.39. The summed E-state index contributed by atoms with van der Waals surface area (Å²) in [5.74, 6) is 1.60. The van der Waals surface area contributed by atoms with E-state index in [-0.39, 0.29) is 6.04 Å². The molecule has 0 radical (unpaired) electrons. The van der Waals surface area contributed by atoms with Crippen LogP contribution in [0.5, 0.6) is 5.75 Å². The van der Waals surface area contributed by atoms with Crippen LogP contribution in [0.2, 0.25) is 0 Å². The van der Waals surface area contributed by atoms with Gasteiger partial charge in [0.1, 0.15) is 12.4 Å². The highest BCUT2D eigenvalue weighted by molar-refractivity contribution is 5.35. The fourth-order valence-corrected chi connectivity index (χ4v) is 1.76. The minimum Gasteiger partial charge on any atom is -0.485 e. The third kappa shape index (κ3) is 2.90. The molecule has 0 amide bonds. The molecular formula is C14H18N2O2. The third-order valence-electron chi connectivity index (χ3n) is 2.87. The summed E-state index contributed by atoms with van der Waals surface area (Å²) in [4.78, 5) is 0. The molecule has 0 spiro atoms. The van der Waals surface area contributed by atoms with Gasteiger partial charge in [-0.2, -0.15) is 0 Å². The molecule has 1 aromatic heterocycles. The van der Waals surface area contributed by atoms with Crippen molar-refractivity contribution in [3.63, 3.8) is 0 Å². The molecule has 0 fully saturated rings. The van der Waals surface area contributed by atoms with Crippen LogP contribution in [-0.4, -0.2) is 12.2 Å². The Hall–Kier alpha value is -1.81. The monoisotopic (exact) mass is 246 g/mol. The van der Waals surface area contributed by atoms with Crippen molar-refractivity contribution < 1.29 is 9.26 Å². The molecule has 1 atom stereocenters. The number of nitrogens with one attached hydrogen (secondary N) is 1. The van der Waals surface area contributed by atoms with E-state index in [4.69, 9.17) is 9.26 Å². The maximum atomic E-state index is 5.79. The summed E-state index contributed by atoms with van der Waals surface area (Å²) >= 11 is 0. The van der Waals surface area contributed by atoms with E-state index in [1.165, 1.54) is 0 Å². The first-order valence-corrected chi connectivity index (χ1v) is 6.02. The smallest absolute Gasteiger partial charge is 0.174 e. The Bertz CT molecular complexity index is 508. The predicted octanol–water partition coefficient (Wildman–Crippen LogP) is 2.84. The second-order valence-corrected chi connectivity index (χ2v) is 4.27. The lowest BCUT2D eigenvalue weighted by Crippen LogP contribution is -2.13. The Kier molecular flexibility index (Phi) is 3.99. The van der Waals surface area contributed by atoms with E-state index in [1.807, 2.05) is 38.2 Å². The van der Waals surface area contributed by atoms with Crippen LogP contribution in [0.1, 0.15) is 30.0 Å². The van der Waals surface area contributed by atoms with Gasteiger partial charge in [-0.15, -0.1) is 0 Å². The Morgan fingerprint density at radius 1 is 1.39 bits per heavy atom. The Labute approximate surface area is 107 Å². The molecule has 96 valence electrons. The van der Waals surface area contributed by atoms with Gasteiger partial charge < -0.3 is 14.6 Å². The first kappa shape index (κ1) is 12.6. The second kappa shape index (κ2) is 5.69. The first-order chi connectivity index (χ1) is 8.70. The average Bonchev–Trinajstić information content (AvgIpc) is 2.81. The molecule has 0 saturated heterocycles. The maximum Gasteiger partial charge on any atom is 0.174 e. The summed E-state index contributed by atoms with van der Waals surface area (Å²) in [5, 5.41) is 7.04. The summed E-state index contributed by atoms with van der Waals surface area (Å²) < 4.78 is 10.9. The van der Waals surface area contributed by atoms with Gasteiger partial charge in [0, 0.05) is 17.7 Å². The Morgan fingerprint density at radius 3 is 2.83 bits per heavy atom. The maximum absolute atomic E-state index is 5.79. The van der Waals surface area contributed by atoms with Crippen LogP contribution in [0.3, 0.4) is 0 Å². The molecule has 1 heterocycles. The number of aromatic nitrogens is 1. The van der Waals surface area contributed by atoms with Crippen molar-refractivity contribution in [2.24, 2.45) is 0 Å². The number of ether oxygens (including phenoxy) is 1. The quantitative estimate of drug-likeness (QED) is 0.881. The van der Waals surface area contributed by atoms with Crippen molar-refractivity contribution in [1.82, 2.24) is 10.5 Å². The van der Waals surface area contributed by atoms with Crippen LogP contribution in [0.4, 0.5) is 0 Å². The summed E-state index contributed by atoms with van der Waals surface area (Å²) in [5.41, 5.74) is 2.00. The van der Waals surface area contributed by atoms with Crippen LogP contribution in [0, 0.1) is 6.92 Å². The minimum absolute atomic E-state index is 0.248. The molecule has 1 aromatic carbocycles. The minimum atomic E-state index is 0.248. The number of benzene rings is 1. The van der Waals surface area contributed by atoms with Gasteiger partial charge in [0.05, 0.1) is 5.69 Å². The largest absolute Gasteiger partial charge is 0.485 e. The normalized spacial score (nSPS) is 12.4. The molecule has 2 aromatic rings. The zero-order valence-electron chi connectivity index (χ0n) is 10.9. The van der Waals surface area contributed by atoms with Crippen LogP contribution in [-0.2, 0) is 6.61 Å². The SMILES string of the molecule is CNC(C)c1ccccc1OCc1cc(C)no1. The molecule has 1 unspecified atom stereocenters. The van der Waals surface area contributed by atoms with Crippen molar-refractivity contribution in [2.45, 2.75) is 26.5 Å². The van der Waals surface area contributed by atoms with Gasteiger partial charge in [-0.25, -0.2) is 0 Å². The topological polar surface area (TPSA) is 47.3 Å². The number of hydrogen-bond donors (Lipinski definition) is 1. The molecule has 0 aliphatic carbocycles. The fraction of sp³-hybridized carbons (Fsp3) is 0.357. The van der Waals surface area contributed by atoms with E-state index in [9.17, 15) is 0 Å². The average molecular weight is 246 g/mol. The molecule has 4 nitrogen and oxygen atoms in total. The molecule has 1 N–H and O–H groups in total. The van der Waals surface area contributed by atoms with E-state index in [0.717, 1.165) is 22.8 Å². The molecule has 0 saturated carbocycles. The molecule has 0 bridgehead atoms. The van der Waals surface area contributed by atoms with Crippen molar-refractivity contribution in [3.8, 4) is 5.75 Å². The van der Waals surface area contributed by atoms with Crippen molar-refractivity contribution in [1.29, 1.82) is 0 Å². The predicted molar refractivity (Wildman–Crippen MR) is 69.5 cm³/mol. The van der Waals surface area contributed by atoms with E-state index < -0.39 is 0 Å². The van der Waals surface area contributed by atoms with Gasteiger partial charge in [0.2, 0.25) is 0 Å². The van der Waals surface area contributed by atoms with E-state index in [0.29, 0.717) is 6.61 Å². The molecule has 0 aliphatic heterocycles.